The number of hydrogen-bond acceptors (Lipinski definition) is 4. The van der Waals surface area contributed by atoms with Crippen molar-refractivity contribution in [1.82, 2.24) is 4.98 Å². The van der Waals surface area contributed by atoms with E-state index in [0.717, 1.165) is 11.8 Å². The van der Waals surface area contributed by atoms with Gasteiger partial charge in [-0.1, -0.05) is 0 Å². The Hall–Kier alpha value is -2.94. The van der Waals surface area contributed by atoms with E-state index in [9.17, 15) is 9.18 Å². The molecule has 0 aliphatic carbocycles. The average molecular weight is 270 g/mol. The molecule has 0 saturated heterocycles. The molecule has 0 spiro atoms. The molecular weight excluding hydrogens is 259 g/mol. The number of pyridine rings is 1. The van der Waals surface area contributed by atoms with Gasteiger partial charge >= 0.3 is 0 Å². The molecule has 0 atom stereocenters. The molecule has 1 heterocycles. The van der Waals surface area contributed by atoms with Crippen LogP contribution >= 0.6 is 0 Å². The Labute approximate surface area is 115 Å². The highest BCUT2D eigenvalue weighted by Crippen LogP contribution is 2.15. The van der Waals surface area contributed by atoms with Crippen molar-refractivity contribution in [1.29, 1.82) is 5.26 Å². The third-order valence-electron chi connectivity index (χ3n) is 2.63. The summed E-state index contributed by atoms with van der Waals surface area (Å²) in [6.07, 6.45) is 1.51. The smallest absolute Gasteiger partial charge is 0.274 e. The van der Waals surface area contributed by atoms with Crippen molar-refractivity contribution in [2.24, 2.45) is 0 Å². The predicted octanol–water partition coefficient (Wildman–Crippen LogP) is 2.39. The highest BCUT2D eigenvalue weighted by Gasteiger charge is 2.10. The van der Waals surface area contributed by atoms with Gasteiger partial charge in [0, 0.05) is 24.6 Å². The van der Waals surface area contributed by atoms with E-state index in [1.165, 1.54) is 18.3 Å². The first-order valence-electron chi connectivity index (χ1n) is 5.79. The van der Waals surface area contributed by atoms with Crippen molar-refractivity contribution >= 4 is 17.3 Å². The minimum absolute atomic E-state index is 0.125. The normalized spacial score (nSPS) is 9.65. The monoisotopic (exact) mass is 270 g/mol. The van der Waals surface area contributed by atoms with E-state index in [-0.39, 0.29) is 11.3 Å². The first-order valence-corrected chi connectivity index (χ1v) is 5.79. The highest BCUT2D eigenvalue weighted by atomic mass is 19.1. The fraction of sp³-hybridized carbons (Fsp3) is 0.0714. The van der Waals surface area contributed by atoms with Crippen LogP contribution in [0, 0.1) is 17.1 Å². The Morgan fingerprint density at radius 1 is 1.30 bits per heavy atom. The van der Waals surface area contributed by atoms with Gasteiger partial charge in [0.25, 0.3) is 5.91 Å². The van der Waals surface area contributed by atoms with Crippen LogP contribution in [0.25, 0.3) is 0 Å². The van der Waals surface area contributed by atoms with Gasteiger partial charge in [-0.25, -0.2) is 4.39 Å². The predicted molar refractivity (Wildman–Crippen MR) is 72.9 cm³/mol. The lowest BCUT2D eigenvalue weighted by molar-refractivity contribution is 0.102. The Balaban J connectivity index is 2.21. The topological polar surface area (TPSA) is 77.8 Å². The first kappa shape index (κ1) is 13.5. The number of nitriles is 1. The number of nitrogens with one attached hydrogen (secondary N) is 2. The highest BCUT2D eigenvalue weighted by molar-refractivity contribution is 6.03. The van der Waals surface area contributed by atoms with Crippen molar-refractivity contribution < 1.29 is 9.18 Å². The van der Waals surface area contributed by atoms with Crippen LogP contribution in [0.3, 0.4) is 0 Å². The van der Waals surface area contributed by atoms with Crippen LogP contribution in [0.4, 0.5) is 15.8 Å². The fourth-order valence-electron chi connectivity index (χ4n) is 1.59. The number of benzene rings is 1. The van der Waals surface area contributed by atoms with Gasteiger partial charge in [-0.15, -0.1) is 0 Å². The number of amides is 1. The van der Waals surface area contributed by atoms with Gasteiger partial charge in [0.2, 0.25) is 0 Å². The molecule has 0 unspecified atom stereocenters. The van der Waals surface area contributed by atoms with Crippen LogP contribution in [0.1, 0.15) is 16.1 Å². The summed E-state index contributed by atoms with van der Waals surface area (Å²) < 4.78 is 13.2. The minimum atomic E-state index is -0.624. The number of anilines is 2. The van der Waals surface area contributed by atoms with E-state index in [4.69, 9.17) is 5.26 Å². The number of hydrogen-bond donors (Lipinski definition) is 2. The van der Waals surface area contributed by atoms with Crippen molar-refractivity contribution in [2.75, 3.05) is 17.7 Å². The number of carbonyl (C=O) groups is 1. The second kappa shape index (κ2) is 5.80. The van der Waals surface area contributed by atoms with E-state index >= 15 is 0 Å². The molecule has 2 rings (SSSR count). The van der Waals surface area contributed by atoms with Crippen LogP contribution in [-0.2, 0) is 0 Å². The second-order valence-electron chi connectivity index (χ2n) is 3.94. The summed E-state index contributed by atoms with van der Waals surface area (Å²) in [5, 5.41) is 14.2. The SMILES string of the molecule is CNc1ccnc(C(=O)Nc2ccc(F)c(C#N)c2)c1. The Morgan fingerprint density at radius 3 is 2.80 bits per heavy atom. The quantitative estimate of drug-likeness (QED) is 0.897. The van der Waals surface area contributed by atoms with Crippen LogP contribution in [0.2, 0.25) is 0 Å². The molecule has 1 amide bonds. The van der Waals surface area contributed by atoms with Gasteiger partial charge in [-0.2, -0.15) is 5.26 Å². The second-order valence-corrected chi connectivity index (χ2v) is 3.94. The fourth-order valence-corrected chi connectivity index (χ4v) is 1.59. The summed E-state index contributed by atoms with van der Waals surface area (Å²) in [5.41, 5.74) is 1.19. The molecule has 0 aliphatic rings. The van der Waals surface area contributed by atoms with Crippen molar-refractivity contribution in [2.45, 2.75) is 0 Å². The van der Waals surface area contributed by atoms with E-state index in [1.54, 1.807) is 25.2 Å². The van der Waals surface area contributed by atoms with Gasteiger partial charge in [-0.05, 0) is 30.3 Å². The van der Waals surface area contributed by atoms with Gasteiger partial charge in [-0.3, -0.25) is 9.78 Å². The molecule has 20 heavy (non-hydrogen) atoms. The number of carbonyl (C=O) groups excluding carboxylic acids is 1. The molecule has 5 nitrogen and oxygen atoms in total. The molecule has 0 saturated carbocycles. The van der Waals surface area contributed by atoms with E-state index < -0.39 is 11.7 Å². The van der Waals surface area contributed by atoms with Gasteiger partial charge in [0.15, 0.2) is 0 Å². The lowest BCUT2D eigenvalue weighted by atomic mass is 10.2. The van der Waals surface area contributed by atoms with Crippen LogP contribution < -0.4 is 10.6 Å². The number of rotatable bonds is 3. The lowest BCUT2D eigenvalue weighted by Crippen LogP contribution is -2.14. The molecule has 100 valence electrons. The Morgan fingerprint density at radius 2 is 2.10 bits per heavy atom. The molecule has 0 bridgehead atoms. The van der Waals surface area contributed by atoms with Gasteiger partial charge in [0.1, 0.15) is 17.6 Å². The zero-order chi connectivity index (χ0) is 14.5. The zero-order valence-corrected chi connectivity index (χ0v) is 10.6. The summed E-state index contributed by atoms with van der Waals surface area (Å²) in [6, 6.07) is 8.82. The number of nitrogens with zero attached hydrogens (tertiary/aromatic N) is 2. The minimum Gasteiger partial charge on any atom is -0.388 e. The molecule has 2 N–H and O–H groups in total. The van der Waals surface area contributed by atoms with Gasteiger partial charge in [0.05, 0.1) is 5.56 Å². The molecule has 0 fully saturated rings. The molecule has 0 radical (unpaired) electrons. The third-order valence-corrected chi connectivity index (χ3v) is 2.63. The number of aromatic nitrogens is 1. The average Bonchev–Trinajstić information content (AvgIpc) is 2.49. The maximum Gasteiger partial charge on any atom is 0.274 e. The van der Waals surface area contributed by atoms with Crippen molar-refractivity contribution in [3.8, 4) is 6.07 Å². The van der Waals surface area contributed by atoms with E-state index in [2.05, 4.69) is 15.6 Å². The standard InChI is InChI=1S/C14H11FN4O/c1-17-10-4-5-18-13(7-10)14(20)19-11-2-3-12(15)9(6-11)8-16/h2-7H,1H3,(H,17,18)(H,19,20). The summed E-state index contributed by atoms with van der Waals surface area (Å²) in [5.74, 6) is -1.06. The van der Waals surface area contributed by atoms with Crippen molar-refractivity contribution in [3.63, 3.8) is 0 Å². The number of halogens is 1. The van der Waals surface area contributed by atoms with Crippen molar-refractivity contribution in [3.05, 3.63) is 53.6 Å². The van der Waals surface area contributed by atoms with Crippen LogP contribution in [0.15, 0.2) is 36.5 Å². The largest absolute Gasteiger partial charge is 0.388 e. The maximum atomic E-state index is 13.2. The molecule has 0 aliphatic heterocycles. The molecule has 1 aromatic carbocycles. The summed E-state index contributed by atoms with van der Waals surface area (Å²) in [6.45, 7) is 0. The first-order chi connectivity index (χ1) is 9.63. The summed E-state index contributed by atoms with van der Waals surface area (Å²) in [7, 11) is 1.73. The lowest BCUT2D eigenvalue weighted by Gasteiger charge is -2.06. The van der Waals surface area contributed by atoms with Crippen LogP contribution in [-0.4, -0.2) is 17.9 Å². The Kier molecular flexibility index (Phi) is 3.91. The molecule has 2 aromatic rings. The van der Waals surface area contributed by atoms with Gasteiger partial charge < -0.3 is 10.6 Å². The maximum absolute atomic E-state index is 13.2. The summed E-state index contributed by atoms with van der Waals surface area (Å²) in [4.78, 5) is 15.9. The molecule has 1 aromatic heterocycles. The molecular formula is C14H11FN4O. The summed E-state index contributed by atoms with van der Waals surface area (Å²) >= 11 is 0. The zero-order valence-electron chi connectivity index (χ0n) is 10.6. The molecule has 6 heteroatoms. The Bertz CT molecular complexity index is 694. The van der Waals surface area contributed by atoms with Crippen LogP contribution in [0.5, 0.6) is 0 Å². The van der Waals surface area contributed by atoms with E-state index in [1.807, 2.05) is 0 Å². The third kappa shape index (κ3) is 2.90. The van der Waals surface area contributed by atoms with E-state index in [0.29, 0.717) is 5.69 Å².